The summed E-state index contributed by atoms with van der Waals surface area (Å²) in [6, 6.07) is 3.25. The molecule has 0 aliphatic carbocycles. The van der Waals surface area contributed by atoms with Gasteiger partial charge in [-0.1, -0.05) is 19.0 Å². The van der Waals surface area contributed by atoms with Gasteiger partial charge in [0, 0.05) is 31.2 Å². The van der Waals surface area contributed by atoms with E-state index in [1.807, 2.05) is 25.8 Å². The monoisotopic (exact) mass is 313 g/mol. The van der Waals surface area contributed by atoms with Gasteiger partial charge < -0.3 is 14.7 Å². The van der Waals surface area contributed by atoms with Crippen LogP contribution in [0.25, 0.3) is 0 Å². The molecule has 1 aromatic rings. The summed E-state index contributed by atoms with van der Waals surface area (Å²) in [7, 11) is 1.88. The Kier molecular flexibility index (Phi) is 4.94. The number of piperidine rings is 1. The van der Waals surface area contributed by atoms with Crippen molar-refractivity contribution in [1.82, 2.24) is 15.4 Å². The van der Waals surface area contributed by atoms with Crippen molar-refractivity contribution in [2.24, 2.45) is 0 Å². The Morgan fingerprint density at radius 3 is 2.52 bits per heavy atom. The molecule has 2 aliphatic heterocycles. The van der Waals surface area contributed by atoms with E-state index < -0.39 is 0 Å². The second-order valence-corrected chi connectivity index (χ2v) is 6.45. The second kappa shape index (κ2) is 6.36. The van der Waals surface area contributed by atoms with Crippen LogP contribution in [0.5, 0.6) is 0 Å². The third-order valence-electron chi connectivity index (χ3n) is 4.65. The Morgan fingerprint density at radius 1 is 1.38 bits per heavy atom. The largest absolute Gasteiger partial charge is 0.351 e. The zero-order chi connectivity index (χ0) is 14.3. The van der Waals surface area contributed by atoms with Crippen LogP contribution in [-0.2, 0) is 0 Å². The predicted molar refractivity (Wildman–Crippen MR) is 82.9 cm³/mol. The molecule has 3 rings (SSSR count). The zero-order valence-corrected chi connectivity index (χ0v) is 13.7. The van der Waals surface area contributed by atoms with Gasteiger partial charge in [-0.3, -0.25) is 4.79 Å². The smallest absolute Gasteiger partial charge is 0.292 e. The molecule has 21 heavy (non-hydrogen) atoms. The second-order valence-electron chi connectivity index (χ2n) is 6.45. The van der Waals surface area contributed by atoms with Crippen LogP contribution in [0.1, 0.15) is 61.7 Å². The van der Waals surface area contributed by atoms with Crippen LogP contribution in [0.3, 0.4) is 0 Å². The molecule has 2 unspecified atom stereocenters. The first-order valence-corrected chi connectivity index (χ1v) is 7.54. The molecule has 2 bridgehead atoms. The van der Waals surface area contributed by atoms with E-state index in [4.69, 9.17) is 4.52 Å². The Balaban J connectivity index is 0.00000161. The van der Waals surface area contributed by atoms with E-state index >= 15 is 0 Å². The lowest BCUT2D eigenvalue weighted by molar-refractivity contribution is 0.0640. The summed E-state index contributed by atoms with van der Waals surface area (Å²) in [5.41, 5.74) is 0.840. The minimum Gasteiger partial charge on any atom is -0.351 e. The summed E-state index contributed by atoms with van der Waals surface area (Å²) < 4.78 is 5.21. The Labute approximate surface area is 131 Å². The molecule has 0 radical (unpaired) electrons. The molecule has 1 N–H and O–H groups in total. The summed E-state index contributed by atoms with van der Waals surface area (Å²) in [4.78, 5) is 14.3. The maximum atomic E-state index is 12.5. The quantitative estimate of drug-likeness (QED) is 0.932. The number of carbonyl (C=O) groups is 1. The van der Waals surface area contributed by atoms with E-state index in [1.165, 1.54) is 12.8 Å². The number of fused-ring (bicyclic) bond motifs is 2. The van der Waals surface area contributed by atoms with Gasteiger partial charge in [0.15, 0.2) is 0 Å². The average molecular weight is 314 g/mol. The molecule has 3 heterocycles. The van der Waals surface area contributed by atoms with Gasteiger partial charge in [0.25, 0.3) is 5.91 Å². The van der Waals surface area contributed by atoms with Crippen LogP contribution < -0.4 is 5.32 Å². The van der Waals surface area contributed by atoms with Crippen molar-refractivity contribution in [3.63, 3.8) is 0 Å². The van der Waals surface area contributed by atoms with Gasteiger partial charge in [-0.05, 0) is 31.6 Å². The number of nitrogens with zero attached hydrogens (tertiary/aromatic N) is 2. The van der Waals surface area contributed by atoms with Crippen molar-refractivity contribution >= 4 is 18.3 Å². The summed E-state index contributed by atoms with van der Waals surface area (Å²) in [6.45, 7) is 4.08. The number of hydrogen-bond acceptors (Lipinski definition) is 4. The van der Waals surface area contributed by atoms with Gasteiger partial charge in [-0.15, -0.1) is 12.4 Å². The highest BCUT2D eigenvalue weighted by Crippen LogP contribution is 2.30. The highest BCUT2D eigenvalue weighted by atomic mass is 35.5. The first-order valence-electron chi connectivity index (χ1n) is 7.54. The van der Waals surface area contributed by atoms with Gasteiger partial charge in [0.2, 0.25) is 5.76 Å². The van der Waals surface area contributed by atoms with E-state index in [0.717, 1.165) is 18.5 Å². The number of halogens is 1. The first-order chi connectivity index (χ1) is 9.54. The van der Waals surface area contributed by atoms with Gasteiger partial charge >= 0.3 is 0 Å². The SMILES string of the molecule is CC(C)c1cc(C(=O)N(C)C2CC3CCC(C2)N3)on1.Cl. The van der Waals surface area contributed by atoms with Crippen LogP contribution in [0, 0.1) is 0 Å². The van der Waals surface area contributed by atoms with Crippen LogP contribution in [0.2, 0.25) is 0 Å². The van der Waals surface area contributed by atoms with Crippen LogP contribution in [0.15, 0.2) is 10.6 Å². The number of aromatic nitrogens is 1. The molecule has 1 amide bonds. The molecule has 1 aromatic heterocycles. The standard InChI is InChI=1S/C15H23N3O2.ClH/c1-9(2)13-8-14(20-17-13)15(19)18(3)12-6-10-4-5-11(7-12)16-10;/h8-12,16H,4-7H2,1-3H3;1H. The Bertz CT molecular complexity index is 491. The van der Waals surface area contributed by atoms with Crippen molar-refractivity contribution in [2.45, 2.75) is 63.6 Å². The lowest BCUT2D eigenvalue weighted by Crippen LogP contribution is -2.48. The molecule has 2 saturated heterocycles. The lowest BCUT2D eigenvalue weighted by atomic mass is 9.98. The fourth-order valence-corrected chi connectivity index (χ4v) is 3.34. The summed E-state index contributed by atoms with van der Waals surface area (Å²) in [5.74, 6) is 0.595. The first kappa shape index (κ1) is 16.3. The third-order valence-corrected chi connectivity index (χ3v) is 4.65. The molecular formula is C15H24ClN3O2. The summed E-state index contributed by atoms with van der Waals surface area (Å²) in [5, 5.41) is 7.57. The predicted octanol–water partition coefficient (Wildman–Crippen LogP) is 2.57. The highest BCUT2D eigenvalue weighted by molar-refractivity contribution is 5.91. The minimum absolute atomic E-state index is 0. The highest BCUT2D eigenvalue weighted by Gasteiger charge is 2.37. The van der Waals surface area contributed by atoms with E-state index in [-0.39, 0.29) is 24.2 Å². The van der Waals surface area contributed by atoms with E-state index in [1.54, 1.807) is 6.07 Å². The van der Waals surface area contributed by atoms with Crippen molar-refractivity contribution in [3.05, 3.63) is 17.5 Å². The number of hydrogen-bond donors (Lipinski definition) is 1. The molecule has 0 aromatic carbocycles. The van der Waals surface area contributed by atoms with Crippen LogP contribution in [-0.4, -0.2) is 41.1 Å². The maximum absolute atomic E-state index is 12.5. The van der Waals surface area contributed by atoms with Crippen LogP contribution >= 0.6 is 12.4 Å². The van der Waals surface area contributed by atoms with Gasteiger partial charge in [-0.2, -0.15) is 0 Å². The van der Waals surface area contributed by atoms with Crippen LogP contribution in [0.4, 0.5) is 0 Å². The Morgan fingerprint density at radius 2 is 2.00 bits per heavy atom. The number of carbonyl (C=O) groups excluding carboxylic acids is 1. The van der Waals surface area contributed by atoms with E-state index in [2.05, 4.69) is 10.5 Å². The maximum Gasteiger partial charge on any atom is 0.292 e. The van der Waals surface area contributed by atoms with Gasteiger partial charge in [-0.25, -0.2) is 0 Å². The fraction of sp³-hybridized carbons (Fsp3) is 0.733. The van der Waals surface area contributed by atoms with Crippen molar-refractivity contribution < 1.29 is 9.32 Å². The average Bonchev–Trinajstić information content (AvgIpc) is 3.04. The third kappa shape index (κ3) is 3.24. The summed E-state index contributed by atoms with van der Waals surface area (Å²) in [6.07, 6.45) is 4.57. The van der Waals surface area contributed by atoms with Gasteiger partial charge in [0.05, 0.1) is 5.69 Å². The molecule has 118 valence electrons. The fourth-order valence-electron chi connectivity index (χ4n) is 3.34. The van der Waals surface area contributed by atoms with Crippen molar-refractivity contribution in [2.75, 3.05) is 7.05 Å². The number of rotatable bonds is 3. The molecule has 0 spiro atoms. The molecule has 2 fully saturated rings. The summed E-state index contributed by atoms with van der Waals surface area (Å²) >= 11 is 0. The normalized spacial score (nSPS) is 27.5. The van der Waals surface area contributed by atoms with Crippen molar-refractivity contribution in [3.8, 4) is 0 Å². The molecule has 2 atom stereocenters. The van der Waals surface area contributed by atoms with E-state index in [0.29, 0.717) is 23.9 Å². The molecule has 5 nitrogen and oxygen atoms in total. The zero-order valence-electron chi connectivity index (χ0n) is 12.8. The van der Waals surface area contributed by atoms with Crippen molar-refractivity contribution in [1.29, 1.82) is 0 Å². The molecule has 2 aliphatic rings. The number of amides is 1. The Hall–Kier alpha value is -1.07. The van der Waals surface area contributed by atoms with E-state index in [9.17, 15) is 4.79 Å². The van der Waals surface area contributed by atoms with Gasteiger partial charge in [0.1, 0.15) is 0 Å². The lowest BCUT2D eigenvalue weighted by Gasteiger charge is -2.35. The molecule has 0 saturated carbocycles. The minimum atomic E-state index is -0.0456. The topological polar surface area (TPSA) is 58.4 Å². The molecule has 6 heteroatoms. The molecular weight excluding hydrogens is 290 g/mol. The number of nitrogens with one attached hydrogen (secondary N) is 1.